The zero-order valence-electron chi connectivity index (χ0n) is 10.3. The summed E-state index contributed by atoms with van der Waals surface area (Å²) < 4.78 is 13.2. The fourth-order valence-electron chi connectivity index (χ4n) is 2.32. The van der Waals surface area contributed by atoms with E-state index in [0.29, 0.717) is 18.9 Å². The van der Waals surface area contributed by atoms with E-state index in [0.717, 1.165) is 18.9 Å². The van der Waals surface area contributed by atoms with Gasteiger partial charge in [0.2, 0.25) is 0 Å². The Kier molecular flexibility index (Phi) is 4.09. The van der Waals surface area contributed by atoms with Crippen LogP contribution < -0.4 is 10.6 Å². The molecule has 0 aliphatic carbocycles. The molecule has 1 saturated heterocycles. The van der Waals surface area contributed by atoms with Gasteiger partial charge in [-0.1, -0.05) is 11.6 Å². The number of nitrogen functional groups attached to an aromatic ring is 1. The van der Waals surface area contributed by atoms with Gasteiger partial charge in [0.1, 0.15) is 0 Å². The molecule has 0 atom stereocenters. The fraction of sp³-hybridized carbons (Fsp3) is 0.500. The van der Waals surface area contributed by atoms with Crippen molar-refractivity contribution in [3.05, 3.63) is 17.0 Å². The highest BCUT2D eigenvalue weighted by Crippen LogP contribution is 2.30. The molecule has 2 rings (SSSR count). The Bertz CT molecular complexity index is 490. The maximum atomic E-state index is 13.2. The summed E-state index contributed by atoms with van der Waals surface area (Å²) in [6.45, 7) is 1.30. The van der Waals surface area contributed by atoms with Gasteiger partial charge in [-0.05, 0) is 18.8 Å². The smallest absolute Gasteiger partial charge is 0.303 e. The highest BCUT2D eigenvalue weighted by molar-refractivity contribution is 6.29. The Morgan fingerprint density at radius 1 is 1.58 bits per heavy atom. The average molecular weight is 288 g/mol. The fourth-order valence-corrected chi connectivity index (χ4v) is 2.46. The first-order valence-corrected chi connectivity index (χ1v) is 6.43. The van der Waals surface area contributed by atoms with E-state index < -0.39 is 11.8 Å². The van der Waals surface area contributed by atoms with Gasteiger partial charge in [0, 0.05) is 25.6 Å². The Hall–Kier alpha value is -1.56. The first kappa shape index (κ1) is 13.9. The Morgan fingerprint density at radius 3 is 2.79 bits per heavy atom. The molecule has 1 fully saturated rings. The van der Waals surface area contributed by atoms with Crippen LogP contribution in [0.15, 0.2) is 6.07 Å². The van der Waals surface area contributed by atoms with Crippen molar-refractivity contribution in [2.75, 3.05) is 23.7 Å². The number of carboxylic acids is 1. The number of nitrogens with two attached hydrogens (primary N) is 1. The number of carboxylic acid groups (broad SMARTS) is 1. The van der Waals surface area contributed by atoms with Crippen LogP contribution in [0.1, 0.15) is 19.3 Å². The molecule has 0 unspecified atom stereocenters. The van der Waals surface area contributed by atoms with Crippen molar-refractivity contribution >= 4 is 29.1 Å². The van der Waals surface area contributed by atoms with Crippen molar-refractivity contribution < 1.29 is 14.3 Å². The zero-order valence-corrected chi connectivity index (χ0v) is 11.0. The number of halogens is 2. The second kappa shape index (κ2) is 5.61. The van der Waals surface area contributed by atoms with Crippen LogP contribution in [0.25, 0.3) is 0 Å². The molecular weight excluding hydrogens is 273 g/mol. The summed E-state index contributed by atoms with van der Waals surface area (Å²) in [4.78, 5) is 16.5. The lowest BCUT2D eigenvalue weighted by atomic mass is 9.93. The maximum Gasteiger partial charge on any atom is 0.303 e. The molecule has 0 spiro atoms. The third-order valence-electron chi connectivity index (χ3n) is 3.32. The molecule has 1 aliphatic rings. The van der Waals surface area contributed by atoms with Crippen LogP contribution in [0, 0.1) is 11.7 Å². The first-order valence-electron chi connectivity index (χ1n) is 6.05. The highest BCUT2D eigenvalue weighted by Gasteiger charge is 2.24. The second-order valence-corrected chi connectivity index (χ2v) is 5.06. The van der Waals surface area contributed by atoms with Crippen molar-refractivity contribution in [1.82, 2.24) is 4.98 Å². The van der Waals surface area contributed by atoms with Gasteiger partial charge in [-0.25, -0.2) is 9.37 Å². The minimum atomic E-state index is -0.777. The van der Waals surface area contributed by atoms with Crippen LogP contribution >= 0.6 is 11.6 Å². The van der Waals surface area contributed by atoms with Gasteiger partial charge in [-0.15, -0.1) is 0 Å². The predicted octanol–water partition coefficient (Wildman–Crippen LogP) is 2.15. The van der Waals surface area contributed by atoms with Gasteiger partial charge < -0.3 is 15.7 Å². The van der Waals surface area contributed by atoms with Crippen LogP contribution in [0.5, 0.6) is 0 Å². The SMILES string of the molecule is Nc1cc(F)c(Cl)nc1N1CCC(CC(=O)O)CC1. The highest BCUT2D eigenvalue weighted by atomic mass is 35.5. The molecule has 0 aromatic carbocycles. The number of aromatic nitrogens is 1. The van der Waals surface area contributed by atoms with Crippen molar-refractivity contribution in [2.45, 2.75) is 19.3 Å². The summed E-state index contributed by atoms with van der Waals surface area (Å²) in [6, 6.07) is 1.16. The molecule has 1 aromatic heterocycles. The lowest BCUT2D eigenvalue weighted by Crippen LogP contribution is -2.35. The van der Waals surface area contributed by atoms with Crippen LogP contribution in [0.3, 0.4) is 0 Å². The number of rotatable bonds is 3. The van der Waals surface area contributed by atoms with E-state index in [-0.39, 0.29) is 23.2 Å². The minimum absolute atomic E-state index is 0.172. The van der Waals surface area contributed by atoms with Crippen LogP contribution in [0.2, 0.25) is 5.15 Å². The number of carbonyl (C=O) groups is 1. The minimum Gasteiger partial charge on any atom is -0.481 e. The Labute approximate surface area is 115 Å². The number of hydrogen-bond acceptors (Lipinski definition) is 4. The van der Waals surface area contributed by atoms with Crippen LogP contribution in [-0.4, -0.2) is 29.1 Å². The Morgan fingerprint density at radius 2 is 2.21 bits per heavy atom. The van der Waals surface area contributed by atoms with Crippen LogP contribution in [0.4, 0.5) is 15.9 Å². The molecule has 3 N–H and O–H groups in total. The number of anilines is 2. The van der Waals surface area contributed by atoms with E-state index in [1.807, 2.05) is 4.90 Å². The predicted molar refractivity (Wildman–Crippen MR) is 70.8 cm³/mol. The molecular formula is C12H15ClFN3O2. The van der Waals surface area contributed by atoms with E-state index in [1.165, 1.54) is 0 Å². The molecule has 5 nitrogen and oxygen atoms in total. The monoisotopic (exact) mass is 287 g/mol. The quantitative estimate of drug-likeness (QED) is 0.833. The van der Waals surface area contributed by atoms with E-state index in [1.54, 1.807) is 0 Å². The van der Waals surface area contributed by atoms with Gasteiger partial charge in [-0.2, -0.15) is 0 Å². The van der Waals surface area contributed by atoms with Crippen molar-refractivity contribution in [3.63, 3.8) is 0 Å². The van der Waals surface area contributed by atoms with E-state index in [4.69, 9.17) is 22.4 Å². The van der Waals surface area contributed by atoms with Gasteiger partial charge in [0.15, 0.2) is 16.8 Å². The van der Waals surface area contributed by atoms with E-state index in [9.17, 15) is 9.18 Å². The molecule has 104 valence electrons. The summed E-state index contributed by atoms with van der Waals surface area (Å²) in [6.07, 6.45) is 1.69. The third-order valence-corrected chi connectivity index (χ3v) is 3.58. The summed E-state index contributed by atoms with van der Waals surface area (Å²) in [5.41, 5.74) is 5.99. The van der Waals surface area contributed by atoms with E-state index >= 15 is 0 Å². The van der Waals surface area contributed by atoms with Gasteiger partial charge in [0.05, 0.1) is 5.69 Å². The van der Waals surface area contributed by atoms with Crippen molar-refractivity contribution in [3.8, 4) is 0 Å². The summed E-state index contributed by atoms with van der Waals surface area (Å²) in [5.74, 6) is -0.768. The van der Waals surface area contributed by atoms with Crippen LogP contribution in [-0.2, 0) is 4.79 Å². The van der Waals surface area contributed by atoms with Crippen molar-refractivity contribution in [2.24, 2.45) is 5.92 Å². The molecule has 0 bridgehead atoms. The molecule has 19 heavy (non-hydrogen) atoms. The first-order chi connectivity index (χ1) is 8.97. The number of hydrogen-bond donors (Lipinski definition) is 2. The number of pyridine rings is 1. The Balaban J connectivity index is 2.05. The number of piperidine rings is 1. The maximum absolute atomic E-state index is 13.2. The molecule has 0 saturated carbocycles. The van der Waals surface area contributed by atoms with E-state index in [2.05, 4.69) is 4.98 Å². The normalized spacial score (nSPS) is 16.6. The molecule has 0 radical (unpaired) electrons. The van der Waals surface area contributed by atoms with Gasteiger partial charge >= 0.3 is 5.97 Å². The lowest BCUT2D eigenvalue weighted by Gasteiger charge is -2.32. The summed E-state index contributed by atoms with van der Waals surface area (Å²) in [5, 5.41) is 8.56. The molecule has 1 aromatic rings. The average Bonchev–Trinajstić information content (AvgIpc) is 2.34. The standard InChI is InChI=1S/C12H15ClFN3O2/c13-11-8(14)6-9(15)12(16-11)17-3-1-7(2-4-17)5-10(18)19/h6-7H,1-5,15H2,(H,18,19). The zero-order chi connectivity index (χ0) is 14.0. The summed E-state index contributed by atoms with van der Waals surface area (Å²) >= 11 is 5.66. The summed E-state index contributed by atoms with van der Waals surface area (Å²) in [7, 11) is 0. The second-order valence-electron chi connectivity index (χ2n) is 4.70. The number of aliphatic carboxylic acids is 1. The lowest BCUT2D eigenvalue weighted by molar-refractivity contribution is -0.138. The molecule has 0 amide bonds. The molecule has 1 aliphatic heterocycles. The number of nitrogens with zero attached hydrogens (tertiary/aromatic N) is 2. The van der Waals surface area contributed by atoms with Gasteiger partial charge in [0.25, 0.3) is 0 Å². The third kappa shape index (κ3) is 3.26. The topological polar surface area (TPSA) is 79.5 Å². The molecule has 2 heterocycles. The van der Waals surface area contributed by atoms with Crippen molar-refractivity contribution in [1.29, 1.82) is 0 Å². The molecule has 7 heteroatoms. The van der Waals surface area contributed by atoms with Gasteiger partial charge in [-0.3, -0.25) is 4.79 Å². The largest absolute Gasteiger partial charge is 0.481 e.